The lowest BCUT2D eigenvalue weighted by Gasteiger charge is -2.44. The summed E-state index contributed by atoms with van der Waals surface area (Å²) in [6.07, 6.45) is 3.93. The Balaban J connectivity index is 1.48. The van der Waals surface area contributed by atoms with Gasteiger partial charge in [-0.25, -0.2) is 4.98 Å². The Hall–Kier alpha value is -2.86. The predicted octanol–water partition coefficient (Wildman–Crippen LogP) is 3.55. The number of imidazole rings is 1. The first-order valence-corrected chi connectivity index (χ1v) is 9.51. The van der Waals surface area contributed by atoms with Crippen LogP contribution in [0.1, 0.15) is 36.8 Å². The van der Waals surface area contributed by atoms with Gasteiger partial charge in [0.2, 0.25) is 0 Å². The number of carbonyl (C=O) groups excluding carboxylic acids is 1. The fourth-order valence-corrected chi connectivity index (χ4v) is 3.43. The van der Waals surface area contributed by atoms with Crippen LogP contribution < -0.4 is 4.74 Å². The summed E-state index contributed by atoms with van der Waals surface area (Å²) in [6.45, 7) is 7.51. The molecule has 1 unspecified atom stereocenters. The zero-order chi connectivity index (χ0) is 19.7. The first-order chi connectivity index (χ1) is 13.4. The highest BCUT2D eigenvalue weighted by atomic mass is 16.5. The quantitative estimate of drug-likeness (QED) is 0.696. The van der Waals surface area contributed by atoms with Gasteiger partial charge in [-0.1, -0.05) is 12.1 Å². The molecule has 2 aromatic heterocycles. The fraction of sp³-hybridized carbons (Fsp3) is 0.364. The molecule has 1 aliphatic heterocycles. The summed E-state index contributed by atoms with van der Waals surface area (Å²) in [5.74, 6) is 0.653. The maximum absolute atomic E-state index is 13.1. The van der Waals surface area contributed by atoms with Crippen molar-refractivity contribution in [3.05, 3.63) is 66.1 Å². The molecule has 1 fully saturated rings. The van der Waals surface area contributed by atoms with Gasteiger partial charge in [0.1, 0.15) is 18.0 Å². The number of ether oxygens (including phenoxy) is 2. The highest BCUT2D eigenvalue weighted by Gasteiger charge is 2.37. The van der Waals surface area contributed by atoms with Gasteiger partial charge < -0.3 is 18.8 Å². The number of carbonyl (C=O) groups is 1. The lowest BCUT2D eigenvalue weighted by molar-refractivity contribution is -0.0756. The van der Waals surface area contributed by atoms with Crippen molar-refractivity contribution >= 4 is 11.6 Å². The second kappa shape index (κ2) is 7.28. The normalized spacial score (nSPS) is 19.0. The summed E-state index contributed by atoms with van der Waals surface area (Å²) in [5.41, 5.74) is 2.01. The first kappa shape index (κ1) is 18.5. The van der Waals surface area contributed by atoms with E-state index in [4.69, 9.17) is 9.47 Å². The van der Waals surface area contributed by atoms with Crippen LogP contribution in [0.15, 0.2) is 54.9 Å². The van der Waals surface area contributed by atoms with Crippen LogP contribution in [0.2, 0.25) is 0 Å². The van der Waals surface area contributed by atoms with E-state index in [0.29, 0.717) is 31.1 Å². The number of hydrogen-bond acceptors (Lipinski definition) is 4. The molecule has 0 saturated carbocycles. The van der Waals surface area contributed by atoms with E-state index >= 15 is 0 Å². The Morgan fingerprint density at radius 1 is 1.29 bits per heavy atom. The van der Waals surface area contributed by atoms with Crippen LogP contribution >= 0.6 is 0 Å². The average molecular weight is 379 g/mol. The van der Waals surface area contributed by atoms with Crippen molar-refractivity contribution in [3.63, 3.8) is 0 Å². The molecule has 1 aliphatic rings. The fourth-order valence-electron chi connectivity index (χ4n) is 3.43. The summed E-state index contributed by atoms with van der Waals surface area (Å²) in [5, 5.41) is 0. The molecule has 0 aliphatic carbocycles. The van der Waals surface area contributed by atoms with E-state index in [1.165, 1.54) is 0 Å². The van der Waals surface area contributed by atoms with Gasteiger partial charge in [0.15, 0.2) is 0 Å². The molecule has 0 spiro atoms. The van der Waals surface area contributed by atoms with Gasteiger partial charge in [-0.05, 0) is 51.1 Å². The average Bonchev–Trinajstić information content (AvgIpc) is 3.11. The van der Waals surface area contributed by atoms with E-state index in [9.17, 15) is 4.79 Å². The molecule has 6 nitrogen and oxygen atoms in total. The van der Waals surface area contributed by atoms with Gasteiger partial charge in [0.25, 0.3) is 5.91 Å². The summed E-state index contributed by atoms with van der Waals surface area (Å²) < 4.78 is 13.6. The number of rotatable bonds is 4. The van der Waals surface area contributed by atoms with Crippen molar-refractivity contribution in [1.29, 1.82) is 0 Å². The molecule has 1 amide bonds. The Bertz CT molecular complexity index is 962. The minimum absolute atomic E-state index is 0.00155. The van der Waals surface area contributed by atoms with Crippen molar-refractivity contribution in [1.82, 2.24) is 14.3 Å². The van der Waals surface area contributed by atoms with E-state index in [2.05, 4.69) is 4.98 Å². The number of benzene rings is 1. The summed E-state index contributed by atoms with van der Waals surface area (Å²) in [6, 6.07) is 13.2. The van der Waals surface area contributed by atoms with E-state index in [1.54, 1.807) is 6.07 Å². The zero-order valence-corrected chi connectivity index (χ0v) is 16.5. The molecule has 1 aromatic carbocycles. The maximum Gasteiger partial charge on any atom is 0.254 e. The van der Waals surface area contributed by atoms with Crippen molar-refractivity contribution in [2.45, 2.75) is 39.0 Å². The van der Waals surface area contributed by atoms with E-state index in [0.717, 1.165) is 11.3 Å². The Morgan fingerprint density at radius 3 is 2.96 bits per heavy atom. The number of pyridine rings is 1. The highest BCUT2D eigenvalue weighted by Crippen LogP contribution is 2.25. The zero-order valence-electron chi connectivity index (χ0n) is 16.5. The molecule has 3 aromatic rings. The summed E-state index contributed by atoms with van der Waals surface area (Å²) in [7, 11) is 0. The third-order valence-corrected chi connectivity index (χ3v) is 5.02. The van der Waals surface area contributed by atoms with Crippen molar-refractivity contribution < 1.29 is 14.3 Å². The number of nitrogens with zero attached hydrogens (tertiary/aromatic N) is 3. The smallest absolute Gasteiger partial charge is 0.254 e. The molecule has 0 N–H and O–H groups in total. The SMILES string of the molecule is CC1CN(C(=O)c2cccc(OCc3cn4ccccc4n3)c2)C(C)(C)CO1. The van der Waals surface area contributed by atoms with Crippen LogP contribution in [-0.2, 0) is 11.3 Å². The second-order valence-corrected chi connectivity index (χ2v) is 7.86. The van der Waals surface area contributed by atoms with Crippen LogP contribution in [0.3, 0.4) is 0 Å². The maximum atomic E-state index is 13.1. The third-order valence-electron chi connectivity index (χ3n) is 5.02. The van der Waals surface area contributed by atoms with E-state index in [-0.39, 0.29) is 17.6 Å². The Kier molecular flexibility index (Phi) is 4.81. The second-order valence-electron chi connectivity index (χ2n) is 7.86. The van der Waals surface area contributed by atoms with E-state index < -0.39 is 0 Å². The van der Waals surface area contributed by atoms with Crippen LogP contribution in [0.25, 0.3) is 5.65 Å². The number of morpholine rings is 1. The van der Waals surface area contributed by atoms with Gasteiger partial charge in [-0.15, -0.1) is 0 Å². The minimum Gasteiger partial charge on any atom is -0.487 e. The summed E-state index contributed by atoms with van der Waals surface area (Å²) in [4.78, 5) is 19.5. The number of fused-ring (bicyclic) bond motifs is 1. The molecule has 1 atom stereocenters. The lowest BCUT2D eigenvalue weighted by atomic mass is 9.99. The van der Waals surface area contributed by atoms with Gasteiger partial charge in [-0.2, -0.15) is 0 Å². The topological polar surface area (TPSA) is 56.1 Å². The lowest BCUT2D eigenvalue weighted by Crippen LogP contribution is -2.57. The molecule has 3 heterocycles. The van der Waals surface area contributed by atoms with Gasteiger partial charge >= 0.3 is 0 Å². The van der Waals surface area contributed by atoms with Gasteiger partial charge in [0.05, 0.1) is 23.9 Å². The number of aromatic nitrogens is 2. The Morgan fingerprint density at radius 2 is 2.14 bits per heavy atom. The van der Waals surface area contributed by atoms with Crippen molar-refractivity contribution in [2.75, 3.05) is 13.2 Å². The number of hydrogen-bond donors (Lipinski definition) is 0. The van der Waals surface area contributed by atoms with Crippen LogP contribution in [-0.4, -0.2) is 45.0 Å². The molecule has 146 valence electrons. The largest absolute Gasteiger partial charge is 0.487 e. The highest BCUT2D eigenvalue weighted by molar-refractivity contribution is 5.95. The third kappa shape index (κ3) is 3.73. The van der Waals surface area contributed by atoms with Crippen LogP contribution in [0, 0.1) is 0 Å². The monoisotopic (exact) mass is 379 g/mol. The first-order valence-electron chi connectivity index (χ1n) is 9.51. The Labute approximate surface area is 164 Å². The molecule has 6 heteroatoms. The molecule has 1 saturated heterocycles. The predicted molar refractivity (Wildman–Crippen MR) is 106 cm³/mol. The van der Waals surface area contributed by atoms with Crippen molar-refractivity contribution in [3.8, 4) is 5.75 Å². The molecular formula is C22H25N3O3. The molecule has 28 heavy (non-hydrogen) atoms. The van der Waals surface area contributed by atoms with Gasteiger partial charge in [0, 0.05) is 24.5 Å². The molecule has 4 rings (SSSR count). The van der Waals surface area contributed by atoms with E-state index in [1.807, 2.05) is 78.9 Å². The van der Waals surface area contributed by atoms with Gasteiger partial charge in [-0.3, -0.25) is 4.79 Å². The number of amides is 1. The van der Waals surface area contributed by atoms with Crippen molar-refractivity contribution in [2.24, 2.45) is 0 Å². The van der Waals surface area contributed by atoms with Crippen LogP contribution in [0.4, 0.5) is 0 Å². The molecule has 0 radical (unpaired) electrons. The summed E-state index contributed by atoms with van der Waals surface area (Å²) >= 11 is 0. The standard InChI is InChI=1S/C22H25N3O3/c1-16-12-25(22(2,3)15-28-16)21(26)17-7-6-8-19(11-17)27-14-18-13-24-10-5-4-9-20(24)23-18/h4-11,13,16H,12,14-15H2,1-3H3. The molecule has 0 bridgehead atoms. The minimum atomic E-state index is -0.336. The molecular weight excluding hydrogens is 354 g/mol. The van der Waals surface area contributed by atoms with Crippen LogP contribution in [0.5, 0.6) is 5.75 Å².